The van der Waals surface area contributed by atoms with Crippen molar-refractivity contribution in [2.75, 3.05) is 12.3 Å². The van der Waals surface area contributed by atoms with Gasteiger partial charge in [0.25, 0.3) is 10.1 Å². The van der Waals surface area contributed by atoms with E-state index < -0.39 is 21.8 Å². The van der Waals surface area contributed by atoms with E-state index in [9.17, 15) is 18.0 Å². The minimum absolute atomic E-state index is 0.138. The van der Waals surface area contributed by atoms with Crippen LogP contribution >= 0.6 is 0 Å². The first kappa shape index (κ1) is 18.8. The van der Waals surface area contributed by atoms with E-state index >= 15 is 0 Å². The van der Waals surface area contributed by atoms with Crippen LogP contribution in [0.1, 0.15) is 34.3 Å². The summed E-state index contributed by atoms with van der Waals surface area (Å²) in [6, 6.07) is 15.6. The van der Waals surface area contributed by atoms with Gasteiger partial charge in [-0.15, -0.1) is 0 Å². The molecule has 0 radical (unpaired) electrons. The number of carbonyl (C=O) groups is 2. The van der Waals surface area contributed by atoms with Crippen molar-refractivity contribution in [2.45, 2.75) is 12.8 Å². The summed E-state index contributed by atoms with van der Waals surface area (Å²) in [4.78, 5) is 24.6. The van der Waals surface area contributed by atoms with Gasteiger partial charge in [0.1, 0.15) is 0 Å². The van der Waals surface area contributed by atoms with E-state index in [0.717, 1.165) is 0 Å². The molecule has 2 rings (SSSR count). The molecule has 7 heteroatoms. The van der Waals surface area contributed by atoms with Crippen LogP contribution in [0.4, 0.5) is 0 Å². The lowest BCUT2D eigenvalue weighted by Crippen LogP contribution is -2.32. The van der Waals surface area contributed by atoms with E-state index in [4.69, 9.17) is 4.55 Å². The normalized spacial score (nSPS) is 12.4. The molecule has 2 aromatic rings. The molecule has 0 aromatic heterocycles. The second-order valence-electron chi connectivity index (χ2n) is 5.62. The van der Waals surface area contributed by atoms with Crippen LogP contribution in [-0.2, 0) is 14.9 Å². The molecule has 0 aliphatic rings. The third-order valence-corrected chi connectivity index (χ3v) is 4.46. The molecular weight excluding hydrogens is 342 g/mol. The van der Waals surface area contributed by atoms with Crippen molar-refractivity contribution in [3.63, 3.8) is 0 Å². The zero-order valence-corrected chi connectivity index (χ0v) is 14.5. The fourth-order valence-corrected chi connectivity index (χ4v) is 2.67. The van der Waals surface area contributed by atoms with Gasteiger partial charge >= 0.3 is 0 Å². The monoisotopic (exact) mass is 361 g/mol. The van der Waals surface area contributed by atoms with E-state index in [-0.39, 0.29) is 18.2 Å². The fraction of sp³-hybridized carbons (Fsp3) is 0.222. The lowest BCUT2D eigenvalue weighted by molar-refractivity contribution is -0.122. The van der Waals surface area contributed by atoms with Gasteiger partial charge in [-0.25, -0.2) is 0 Å². The predicted molar refractivity (Wildman–Crippen MR) is 94.2 cm³/mol. The van der Waals surface area contributed by atoms with E-state index in [0.29, 0.717) is 16.7 Å². The number of benzene rings is 2. The van der Waals surface area contributed by atoms with Gasteiger partial charge in [-0.3, -0.25) is 14.1 Å². The van der Waals surface area contributed by atoms with Crippen molar-refractivity contribution in [3.05, 3.63) is 71.3 Å². The Bertz CT molecular complexity index is 862. The lowest BCUT2D eigenvalue weighted by Gasteiger charge is -2.13. The van der Waals surface area contributed by atoms with Crippen molar-refractivity contribution in [1.29, 1.82) is 0 Å². The lowest BCUT2D eigenvalue weighted by atomic mass is 9.95. The van der Waals surface area contributed by atoms with Crippen LogP contribution in [0.2, 0.25) is 0 Å². The number of ketones is 1. The second-order valence-corrected chi connectivity index (χ2v) is 7.19. The Morgan fingerprint density at radius 1 is 1.04 bits per heavy atom. The zero-order chi connectivity index (χ0) is 18.4. The van der Waals surface area contributed by atoms with Gasteiger partial charge in [-0.2, -0.15) is 8.42 Å². The number of nitrogens with one attached hydrogen (secondary N) is 1. The maximum absolute atomic E-state index is 12.5. The molecule has 0 saturated heterocycles. The number of carbonyl (C=O) groups excluding carboxylic acids is 2. The van der Waals surface area contributed by atoms with Gasteiger partial charge < -0.3 is 5.32 Å². The Morgan fingerprint density at radius 3 is 2.32 bits per heavy atom. The Labute approximate surface area is 146 Å². The first-order valence-corrected chi connectivity index (χ1v) is 9.31. The van der Waals surface area contributed by atoms with Gasteiger partial charge in [0.15, 0.2) is 5.78 Å². The molecule has 2 N–H and O–H groups in total. The number of hydrogen-bond donors (Lipinski definition) is 2. The highest BCUT2D eigenvalue weighted by Crippen LogP contribution is 2.19. The molecule has 0 aliphatic carbocycles. The molecule has 6 nitrogen and oxygen atoms in total. The van der Waals surface area contributed by atoms with Crippen LogP contribution in [0.25, 0.3) is 0 Å². The fourth-order valence-electron chi connectivity index (χ4n) is 2.31. The summed E-state index contributed by atoms with van der Waals surface area (Å²) in [5.41, 5.74) is 1.68. The summed E-state index contributed by atoms with van der Waals surface area (Å²) in [6.45, 7) is 1.49. The third kappa shape index (κ3) is 5.51. The summed E-state index contributed by atoms with van der Waals surface area (Å²) in [6.07, 6.45) is 0. The highest BCUT2D eigenvalue weighted by Gasteiger charge is 2.17. The van der Waals surface area contributed by atoms with Crippen molar-refractivity contribution in [2.24, 2.45) is 0 Å². The van der Waals surface area contributed by atoms with Crippen molar-refractivity contribution >= 4 is 21.8 Å². The van der Waals surface area contributed by atoms with Crippen LogP contribution in [0.5, 0.6) is 0 Å². The molecule has 0 unspecified atom stereocenters. The van der Waals surface area contributed by atoms with Crippen molar-refractivity contribution in [3.8, 4) is 0 Å². The number of hydrogen-bond acceptors (Lipinski definition) is 4. The summed E-state index contributed by atoms with van der Waals surface area (Å²) >= 11 is 0. The van der Waals surface area contributed by atoms with Gasteiger partial charge in [-0.1, -0.05) is 48.5 Å². The summed E-state index contributed by atoms with van der Waals surface area (Å²) in [5, 5.41) is 2.45. The summed E-state index contributed by atoms with van der Waals surface area (Å²) < 4.78 is 30.0. The second kappa shape index (κ2) is 8.04. The Hall–Kier alpha value is -2.51. The van der Waals surface area contributed by atoms with E-state index in [1.807, 2.05) is 6.07 Å². The van der Waals surface area contributed by atoms with Crippen LogP contribution in [-0.4, -0.2) is 37.0 Å². The van der Waals surface area contributed by atoms with E-state index in [2.05, 4.69) is 5.32 Å². The maximum atomic E-state index is 12.5. The first-order valence-electron chi connectivity index (χ1n) is 7.70. The zero-order valence-electron chi connectivity index (χ0n) is 13.7. The van der Waals surface area contributed by atoms with Crippen LogP contribution in [0.3, 0.4) is 0 Å². The average molecular weight is 361 g/mol. The van der Waals surface area contributed by atoms with Gasteiger partial charge in [0, 0.05) is 17.7 Å². The van der Waals surface area contributed by atoms with Gasteiger partial charge in [0.05, 0.1) is 11.7 Å². The first-order chi connectivity index (χ1) is 11.8. The van der Waals surface area contributed by atoms with E-state index in [1.165, 1.54) is 0 Å². The molecule has 0 fully saturated rings. The molecule has 2 aromatic carbocycles. The molecule has 132 valence electrons. The smallest absolute Gasteiger partial charge is 0.266 e. The van der Waals surface area contributed by atoms with Crippen LogP contribution < -0.4 is 5.32 Å². The SMILES string of the molecule is C[C@@H](C(=O)NCCS(=O)(=O)O)c1cccc(C(=O)c2ccccc2)c1. The molecule has 0 saturated carbocycles. The Balaban J connectivity index is 2.09. The quantitative estimate of drug-likeness (QED) is 0.580. The summed E-state index contributed by atoms with van der Waals surface area (Å²) in [5.74, 6) is -1.63. The molecule has 1 amide bonds. The van der Waals surface area contributed by atoms with Crippen molar-refractivity contribution in [1.82, 2.24) is 5.32 Å². The van der Waals surface area contributed by atoms with Gasteiger partial charge in [-0.05, 0) is 18.6 Å². The molecular formula is C18H19NO5S. The third-order valence-electron chi connectivity index (χ3n) is 3.74. The highest BCUT2D eigenvalue weighted by molar-refractivity contribution is 7.85. The van der Waals surface area contributed by atoms with Crippen molar-refractivity contribution < 1.29 is 22.6 Å². The molecule has 0 heterocycles. The largest absolute Gasteiger partial charge is 0.354 e. The number of rotatable bonds is 7. The van der Waals surface area contributed by atoms with Gasteiger partial charge in [0.2, 0.25) is 5.91 Å². The maximum Gasteiger partial charge on any atom is 0.266 e. The standard InChI is InChI=1S/C18H19NO5S/c1-13(18(21)19-10-11-25(22,23)24)15-8-5-9-16(12-15)17(20)14-6-3-2-4-7-14/h2-9,12-13H,10-11H2,1H3,(H,19,21)(H,22,23,24)/t13-/m1/s1. The number of amides is 1. The topological polar surface area (TPSA) is 101 Å². The molecule has 1 atom stereocenters. The average Bonchev–Trinajstić information content (AvgIpc) is 2.60. The Kier molecular flexibility index (Phi) is 6.06. The molecule has 0 bridgehead atoms. The van der Waals surface area contributed by atoms with Crippen LogP contribution in [0, 0.1) is 0 Å². The molecule has 25 heavy (non-hydrogen) atoms. The molecule has 0 aliphatic heterocycles. The minimum atomic E-state index is -4.12. The minimum Gasteiger partial charge on any atom is -0.354 e. The summed E-state index contributed by atoms with van der Waals surface area (Å²) in [7, 11) is -4.12. The molecule has 0 spiro atoms. The van der Waals surface area contributed by atoms with E-state index in [1.54, 1.807) is 55.5 Å². The predicted octanol–water partition coefficient (Wildman–Crippen LogP) is 2.03. The highest BCUT2D eigenvalue weighted by atomic mass is 32.2. The Morgan fingerprint density at radius 2 is 1.68 bits per heavy atom. The van der Waals surface area contributed by atoms with Crippen LogP contribution in [0.15, 0.2) is 54.6 Å².